The third-order valence-corrected chi connectivity index (χ3v) is 5.29. The fourth-order valence-electron chi connectivity index (χ4n) is 3.09. The van der Waals surface area contributed by atoms with Crippen LogP contribution in [-0.4, -0.2) is 22.8 Å². The lowest BCUT2D eigenvalue weighted by Gasteiger charge is -2.17. The first-order valence-electron chi connectivity index (χ1n) is 7.87. The van der Waals surface area contributed by atoms with Gasteiger partial charge in [0.1, 0.15) is 0 Å². The number of rotatable bonds is 2. The summed E-state index contributed by atoms with van der Waals surface area (Å²) in [6.45, 7) is 2.00. The Balaban J connectivity index is 0.00000196. The molecule has 2 aliphatic heterocycles. The number of hydrogen-bond donors (Lipinski definition) is 1. The molecule has 0 unspecified atom stereocenters. The Kier molecular flexibility index (Phi) is 5.02. The number of aliphatic imine (C=N–C) groups is 1. The van der Waals surface area contributed by atoms with E-state index in [0.29, 0.717) is 22.0 Å². The molecule has 2 heterocycles. The van der Waals surface area contributed by atoms with E-state index in [1.54, 1.807) is 18.2 Å². The normalized spacial score (nSPS) is 16.2. The molecule has 0 saturated carbocycles. The van der Waals surface area contributed by atoms with Crippen molar-refractivity contribution < 1.29 is 14.7 Å². The first-order valence-corrected chi connectivity index (χ1v) is 8.68. The highest BCUT2D eigenvalue weighted by atomic mass is 79.9. The van der Waals surface area contributed by atoms with Crippen molar-refractivity contribution in [2.45, 2.75) is 18.2 Å². The molecule has 0 radical (unpaired) electrons. The molecule has 0 atom stereocenters. The van der Waals surface area contributed by atoms with Gasteiger partial charge in [-0.15, -0.1) is 17.0 Å². The Morgan fingerprint density at radius 1 is 1.19 bits per heavy atom. The lowest BCUT2D eigenvalue weighted by molar-refractivity contribution is 0.101. The largest absolute Gasteiger partial charge is 0.464 e. The average molecular weight is 431 g/mol. The third kappa shape index (κ3) is 2.87. The van der Waals surface area contributed by atoms with Gasteiger partial charge in [0, 0.05) is 10.5 Å². The molecule has 1 N–H and O–H groups in total. The van der Waals surface area contributed by atoms with E-state index >= 15 is 0 Å². The number of para-hydroxylation sites is 1. The predicted octanol–water partition coefficient (Wildman–Crippen LogP) is 4.90. The molecule has 2 aromatic rings. The Morgan fingerprint density at radius 3 is 2.62 bits per heavy atom. The molecule has 2 amide bonds. The summed E-state index contributed by atoms with van der Waals surface area (Å²) in [5, 5.41) is 10.3. The molecular weight excluding hydrogens is 416 g/mol. The van der Waals surface area contributed by atoms with Gasteiger partial charge in [-0.2, -0.15) is 0 Å². The van der Waals surface area contributed by atoms with Crippen molar-refractivity contribution in [1.29, 1.82) is 0 Å². The van der Waals surface area contributed by atoms with E-state index in [1.165, 1.54) is 16.7 Å². The van der Waals surface area contributed by atoms with Gasteiger partial charge in [0.2, 0.25) is 0 Å². The van der Waals surface area contributed by atoms with Crippen LogP contribution in [0.3, 0.4) is 0 Å². The van der Waals surface area contributed by atoms with E-state index in [9.17, 15) is 14.7 Å². The lowest BCUT2D eigenvalue weighted by atomic mass is 10.1. The highest BCUT2D eigenvalue weighted by molar-refractivity contribution is 8.93. The van der Waals surface area contributed by atoms with Crippen molar-refractivity contribution in [1.82, 2.24) is 0 Å². The standard InChI is InChI=1S/C19H14N2O3S.BrH/c1-2-11-6-5-9-15-17(11)21(19(23)24)16(25-15)10-14-12-7-3-4-8-13(12)18(22)20-14;/h3-10H,2H2,1H3,(H,23,24);1H. The van der Waals surface area contributed by atoms with Crippen LogP contribution in [0.15, 0.2) is 63.5 Å². The fraction of sp³-hybridized carbons (Fsp3) is 0.105. The van der Waals surface area contributed by atoms with Crippen molar-refractivity contribution in [3.8, 4) is 0 Å². The van der Waals surface area contributed by atoms with Crippen LogP contribution in [0.25, 0.3) is 0 Å². The second-order valence-electron chi connectivity index (χ2n) is 5.67. The molecule has 0 aliphatic carbocycles. The minimum absolute atomic E-state index is 0. The van der Waals surface area contributed by atoms with Gasteiger partial charge in [0.15, 0.2) is 0 Å². The highest BCUT2D eigenvalue weighted by Gasteiger charge is 2.33. The van der Waals surface area contributed by atoms with Crippen LogP contribution in [0.1, 0.15) is 28.4 Å². The van der Waals surface area contributed by atoms with Crippen LogP contribution in [0.2, 0.25) is 0 Å². The average Bonchev–Trinajstić information content (AvgIpc) is 3.13. The van der Waals surface area contributed by atoms with E-state index in [4.69, 9.17) is 0 Å². The zero-order chi connectivity index (χ0) is 17.6. The molecule has 2 aromatic carbocycles. The number of aryl methyl sites for hydroxylation is 1. The van der Waals surface area contributed by atoms with E-state index in [2.05, 4.69) is 4.99 Å². The van der Waals surface area contributed by atoms with Crippen molar-refractivity contribution in [2.24, 2.45) is 4.99 Å². The van der Waals surface area contributed by atoms with Crippen LogP contribution >= 0.6 is 28.7 Å². The summed E-state index contributed by atoms with van der Waals surface area (Å²) in [5.74, 6) is -0.293. The van der Waals surface area contributed by atoms with Crippen LogP contribution in [-0.2, 0) is 6.42 Å². The fourth-order valence-corrected chi connectivity index (χ4v) is 4.21. The first-order chi connectivity index (χ1) is 12.1. The summed E-state index contributed by atoms with van der Waals surface area (Å²) in [6.07, 6.45) is 1.38. The SMILES string of the molecule is Br.CCc1cccc2c1N(C(=O)O)C(=CC1=NC(=O)c3ccccc31)S2. The zero-order valence-electron chi connectivity index (χ0n) is 13.8. The maximum atomic E-state index is 12.0. The molecule has 0 fully saturated rings. The summed E-state index contributed by atoms with van der Waals surface area (Å²) in [5.41, 5.74) is 3.45. The van der Waals surface area contributed by atoms with E-state index in [0.717, 1.165) is 22.4 Å². The van der Waals surface area contributed by atoms with Crippen LogP contribution < -0.4 is 4.90 Å². The number of halogens is 1. The van der Waals surface area contributed by atoms with Crippen LogP contribution in [0, 0.1) is 0 Å². The third-order valence-electron chi connectivity index (χ3n) is 4.23. The minimum atomic E-state index is -1.04. The topological polar surface area (TPSA) is 70.0 Å². The number of amides is 2. The maximum absolute atomic E-state index is 12.0. The number of anilines is 1. The van der Waals surface area contributed by atoms with E-state index < -0.39 is 6.09 Å². The minimum Gasteiger partial charge on any atom is -0.464 e. The summed E-state index contributed by atoms with van der Waals surface area (Å²) in [4.78, 5) is 30.2. The first kappa shape index (κ1) is 18.4. The van der Waals surface area contributed by atoms with Gasteiger partial charge in [-0.3, -0.25) is 4.79 Å². The molecule has 0 aromatic heterocycles. The van der Waals surface area contributed by atoms with Crippen molar-refractivity contribution in [3.05, 3.63) is 70.3 Å². The van der Waals surface area contributed by atoms with Gasteiger partial charge in [-0.1, -0.05) is 49.0 Å². The molecule has 132 valence electrons. The number of allylic oxidation sites excluding steroid dienone is 1. The number of hydrogen-bond acceptors (Lipinski definition) is 3. The second-order valence-corrected chi connectivity index (χ2v) is 6.73. The van der Waals surface area contributed by atoms with Crippen molar-refractivity contribution in [3.63, 3.8) is 0 Å². The number of thioether (sulfide) groups is 1. The highest BCUT2D eigenvalue weighted by Crippen LogP contribution is 2.48. The maximum Gasteiger partial charge on any atom is 0.416 e. The quantitative estimate of drug-likeness (QED) is 0.734. The van der Waals surface area contributed by atoms with Gasteiger partial charge in [0.25, 0.3) is 5.91 Å². The molecular formula is C19H15BrN2O3S. The number of carbonyl (C=O) groups is 2. The Morgan fingerprint density at radius 2 is 1.92 bits per heavy atom. The van der Waals surface area contributed by atoms with Gasteiger partial charge < -0.3 is 5.11 Å². The summed E-state index contributed by atoms with van der Waals surface area (Å²) in [7, 11) is 0. The van der Waals surface area contributed by atoms with Crippen molar-refractivity contribution in [2.75, 3.05) is 4.90 Å². The van der Waals surface area contributed by atoms with Gasteiger partial charge >= 0.3 is 6.09 Å². The molecule has 0 bridgehead atoms. The predicted molar refractivity (Wildman–Crippen MR) is 108 cm³/mol. The van der Waals surface area contributed by atoms with Gasteiger partial charge in [-0.25, -0.2) is 14.7 Å². The summed E-state index contributed by atoms with van der Waals surface area (Å²) < 4.78 is 0. The number of fused-ring (bicyclic) bond motifs is 2. The zero-order valence-corrected chi connectivity index (χ0v) is 16.3. The number of benzene rings is 2. The van der Waals surface area contributed by atoms with Crippen molar-refractivity contribution >= 4 is 52.1 Å². The molecule has 4 rings (SSSR count). The summed E-state index contributed by atoms with van der Waals surface area (Å²) >= 11 is 1.38. The molecule has 0 saturated heterocycles. The number of carbonyl (C=O) groups excluding carboxylic acids is 1. The second kappa shape index (κ2) is 7.09. The Hall–Kier alpha value is -2.38. The molecule has 0 spiro atoms. The van der Waals surface area contributed by atoms with Gasteiger partial charge in [-0.05, 0) is 30.2 Å². The molecule has 2 aliphatic rings. The van der Waals surface area contributed by atoms with E-state index in [1.807, 2.05) is 37.3 Å². The number of carboxylic acid groups (broad SMARTS) is 1. The molecule has 5 nitrogen and oxygen atoms in total. The molecule has 7 heteroatoms. The monoisotopic (exact) mass is 430 g/mol. The van der Waals surface area contributed by atoms with Crippen LogP contribution in [0.4, 0.5) is 10.5 Å². The molecule has 26 heavy (non-hydrogen) atoms. The lowest BCUT2D eigenvalue weighted by Crippen LogP contribution is -2.25. The van der Waals surface area contributed by atoms with Crippen LogP contribution in [0.5, 0.6) is 0 Å². The number of nitrogens with zero attached hydrogens (tertiary/aromatic N) is 2. The summed E-state index contributed by atoms with van der Waals surface area (Å²) in [6, 6.07) is 13.0. The van der Waals surface area contributed by atoms with E-state index in [-0.39, 0.29) is 22.9 Å². The Bertz CT molecular complexity index is 984. The Labute approximate surface area is 165 Å². The van der Waals surface area contributed by atoms with Gasteiger partial charge in [0.05, 0.1) is 22.0 Å². The smallest absolute Gasteiger partial charge is 0.416 e.